The van der Waals surface area contributed by atoms with Gasteiger partial charge in [0.1, 0.15) is 5.41 Å². The van der Waals surface area contributed by atoms with Crippen molar-refractivity contribution in [3.63, 3.8) is 0 Å². The first-order valence-corrected chi connectivity index (χ1v) is 9.37. The Morgan fingerprint density at radius 3 is 2.19 bits per heavy atom. The molecule has 0 unspecified atom stereocenters. The lowest BCUT2D eigenvalue weighted by molar-refractivity contribution is -0.138. The van der Waals surface area contributed by atoms with E-state index in [1.54, 1.807) is 13.8 Å². The van der Waals surface area contributed by atoms with Crippen molar-refractivity contribution >= 4 is 17.5 Å². The largest absolute Gasteiger partial charge is 0.351 e. The topological polar surface area (TPSA) is 58.2 Å². The summed E-state index contributed by atoms with van der Waals surface area (Å²) in [6.07, 6.45) is 0. The van der Waals surface area contributed by atoms with Crippen LogP contribution in [0.4, 0.5) is 5.69 Å². The maximum absolute atomic E-state index is 12.9. The molecule has 2 aromatic carbocycles. The summed E-state index contributed by atoms with van der Waals surface area (Å²) in [5.74, 6) is -0.320. The first-order valence-electron chi connectivity index (χ1n) is 9.37. The molecule has 2 amide bonds. The van der Waals surface area contributed by atoms with Crippen LogP contribution in [0.5, 0.6) is 0 Å². The summed E-state index contributed by atoms with van der Waals surface area (Å²) in [5.41, 5.74) is 3.86. The molecule has 0 atom stereocenters. The van der Waals surface area contributed by atoms with E-state index in [1.807, 2.05) is 56.3 Å². The van der Waals surface area contributed by atoms with Crippen LogP contribution in [0.25, 0.3) is 0 Å². The molecule has 0 aliphatic rings. The molecule has 0 saturated heterocycles. The molecule has 2 N–H and O–H groups in total. The lowest BCUT2D eigenvalue weighted by Crippen LogP contribution is -2.45. The molecule has 144 valence electrons. The van der Waals surface area contributed by atoms with Gasteiger partial charge in [-0.25, -0.2) is 0 Å². The van der Waals surface area contributed by atoms with Crippen LogP contribution in [0, 0.1) is 19.3 Å². The van der Waals surface area contributed by atoms with Gasteiger partial charge in [-0.1, -0.05) is 61.9 Å². The molecular formula is C23H30N2O2. The Morgan fingerprint density at radius 1 is 0.963 bits per heavy atom. The summed E-state index contributed by atoms with van der Waals surface area (Å²) in [5, 5.41) is 5.86. The fourth-order valence-corrected chi connectivity index (χ4v) is 2.82. The van der Waals surface area contributed by atoms with Gasteiger partial charge >= 0.3 is 0 Å². The van der Waals surface area contributed by atoms with E-state index < -0.39 is 5.41 Å². The predicted molar refractivity (Wildman–Crippen MR) is 111 cm³/mol. The SMILES string of the molecule is Cc1ccc(CNC(=O)C(C)(C)C(=O)Nc2c(C)cccc2C(C)C)cc1. The predicted octanol–water partition coefficient (Wildman–Crippen LogP) is 4.71. The molecule has 0 heterocycles. The standard InChI is InChI=1S/C23H30N2O2/c1-15(2)19-9-7-8-17(4)20(19)25-22(27)23(5,6)21(26)24-14-18-12-10-16(3)11-13-18/h7-13,15H,14H2,1-6H3,(H,24,26)(H,25,27). The first-order chi connectivity index (χ1) is 12.6. The molecule has 0 spiro atoms. The van der Waals surface area contributed by atoms with Crippen LogP contribution in [0.2, 0.25) is 0 Å². The van der Waals surface area contributed by atoms with Gasteiger partial charge < -0.3 is 10.6 Å². The van der Waals surface area contributed by atoms with Gasteiger partial charge in [-0.3, -0.25) is 9.59 Å². The number of hydrogen-bond acceptors (Lipinski definition) is 2. The zero-order valence-corrected chi connectivity index (χ0v) is 17.1. The molecule has 4 nitrogen and oxygen atoms in total. The summed E-state index contributed by atoms with van der Waals surface area (Å²) >= 11 is 0. The van der Waals surface area contributed by atoms with E-state index >= 15 is 0 Å². The first kappa shape index (κ1) is 20.7. The highest BCUT2D eigenvalue weighted by molar-refractivity contribution is 6.10. The number of rotatable bonds is 6. The van der Waals surface area contributed by atoms with Crippen molar-refractivity contribution in [3.05, 3.63) is 64.7 Å². The number of nitrogens with one attached hydrogen (secondary N) is 2. The molecule has 2 rings (SSSR count). The van der Waals surface area contributed by atoms with E-state index in [1.165, 1.54) is 5.56 Å². The quantitative estimate of drug-likeness (QED) is 0.728. The van der Waals surface area contributed by atoms with Gasteiger partial charge in [0.25, 0.3) is 0 Å². The Labute approximate surface area is 162 Å². The number of hydrogen-bond donors (Lipinski definition) is 2. The molecule has 0 fully saturated rings. The summed E-state index contributed by atoms with van der Waals surface area (Å²) < 4.78 is 0. The number of carbonyl (C=O) groups excluding carboxylic acids is 2. The van der Waals surface area contributed by atoms with Crippen LogP contribution in [0.3, 0.4) is 0 Å². The van der Waals surface area contributed by atoms with Gasteiger partial charge in [0.15, 0.2) is 0 Å². The number of anilines is 1. The third-order valence-electron chi connectivity index (χ3n) is 4.87. The van der Waals surface area contributed by atoms with Gasteiger partial charge in [0.05, 0.1) is 0 Å². The summed E-state index contributed by atoms with van der Waals surface area (Å²) in [4.78, 5) is 25.6. The van der Waals surface area contributed by atoms with Crippen molar-refractivity contribution in [3.8, 4) is 0 Å². The van der Waals surface area contributed by atoms with Crippen LogP contribution >= 0.6 is 0 Å². The number of para-hydroxylation sites is 1. The van der Waals surface area contributed by atoms with E-state index in [9.17, 15) is 9.59 Å². The maximum atomic E-state index is 12.9. The summed E-state index contributed by atoms with van der Waals surface area (Å²) in [6.45, 7) is 11.9. The highest BCUT2D eigenvalue weighted by Gasteiger charge is 2.36. The second kappa shape index (κ2) is 8.38. The van der Waals surface area contributed by atoms with Gasteiger partial charge in [0.2, 0.25) is 11.8 Å². The highest BCUT2D eigenvalue weighted by Crippen LogP contribution is 2.29. The Kier molecular flexibility index (Phi) is 6.42. The van der Waals surface area contributed by atoms with Crippen molar-refractivity contribution in [2.75, 3.05) is 5.32 Å². The van der Waals surface area contributed by atoms with Crippen molar-refractivity contribution < 1.29 is 9.59 Å². The smallest absolute Gasteiger partial charge is 0.239 e. The average Bonchev–Trinajstić information content (AvgIpc) is 2.62. The van der Waals surface area contributed by atoms with E-state index in [-0.39, 0.29) is 17.7 Å². The fourth-order valence-electron chi connectivity index (χ4n) is 2.82. The van der Waals surface area contributed by atoms with E-state index in [0.717, 1.165) is 22.4 Å². The minimum Gasteiger partial charge on any atom is -0.351 e. The number of amides is 2. The van der Waals surface area contributed by atoms with Crippen molar-refractivity contribution in [2.24, 2.45) is 5.41 Å². The van der Waals surface area contributed by atoms with Crippen LogP contribution in [-0.4, -0.2) is 11.8 Å². The Balaban J connectivity index is 2.10. The molecule has 0 aromatic heterocycles. The molecule has 0 radical (unpaired) electrons. The van der Waals surface area contributed by atoms with Crippen molar-refractivity contribution in [1.29, 1.82) is 0 Å². The van der Waals surface area contributed by atoms with Crippen LogP contribution < -0.4 is 10.6 Å². The lowest BCUT2D eigenvalue weighted by atomic mass is 9.90. The third-order valence-corrected chi connectivity index (χ3v) is 4.87. The molecule has 4 heteroatoms. The van der Waals surface area contributed by atoms with Gasteiger partial charge in [-0.15, -0.1) is 0 Å². The number of benzene rings is 2. The van der Waals surface area contributed by atoms with Crippen molar-refractivity contribution in [1.82, 2.24) is 5.32 Å². The second-order valence-corrected chi connectivity index (χ2v) is 7.94. The van der Waals surface area contributed by atoms with Crippen LogP contribution in [0.1, 0.15) is 55.9 Å². The summed E-state index contributed by atoms with van der Waals surface area (Å²) in [6, 6.07) is 13.9. The Bertz CT molecular complexity index is 821. The zero-order valence-electron chi connectivity index (χ0n) is 17.1. The van der Waals surface area contributed by atoms with Crippen LogP contribution in [-0.2, 0) is 16.1 Å². The number of aryl methyl sites for hydroxylation is 2. The molecular weight excluding hydrogens is 336 g/mol. The lowest BCUT2D eigenvalue weighted by Gasteiger charge is -2.25. The molecule has 0 aliphatic carbocycles. The molecule has 2 aromatic rings. The molecule has 0 saturated carbocycles. The van der Waals surface area contributed by atoms with E-state index in [0.29, 0.717) is 6.54 Å². The highest BCUT2D eigenvalue weighted by atomic mass is 16.2. The zero-order chi connectivity index (χ0) is 20.2. The second-order valence-electron chi connectivity index (χ2n) is 7.94. The summed E-state index contributed by atoms with van der Waals surface area (Å²) in [7, 11) is 0. The average molecular weight is 367 g/mol. The van der Waals surface area contributed by atoms with Gasteiger partial charge in [0, 0.05) is 12.2 Å². The van der Waals surface area contributed by atoms with Gasteiger partial charge in [-0.2, -0.15) is 0 Å². The normalized spacial score (nSPS) is 11.4. The third kappa shape index (κ3) is 4.97. The van der Waals surface area contributed by atoms with Crippen LogP contribution in [0.15, 0.2) is 42.5 Å². The van der Waals surface area contributed by atoms with Gasteiger partial charge in [-0.05, 0) is 50.3 Å². The Morgan fingerprint density at radius 2 is 1.59 bits per heavy atom. The Hall–Kier alpha value is -2.62. The molecule has 0 bridgehead atoms. The maximum Gasteiger partial charge on any atom is 0.239 e. The fraction of sp³-hybridized carbons (Fsp3) is 0.391. The minimum atomic E-state index is -1.18. The van der Waals surface area contributed by atoms with Crippen molar-refractivity contribution in [2.45, 2.75) is 54.0 Å². The van der Waals surface area contributed by atoms with E-state index in [2.05, 4.69) is 24.5 Å². The van der Waals surface area contributed by atoms with E-state index in [4.69, 9.17) is 0 Å². The molecule has 27 heavy (non-hydrogen) atoms. The molecule has 0 aliphatic heterocycles. The minimum absolute atomic E-state index is 0.277. The monoisotopic (exact) mass is 366 g/mol. The number of carbonyl (C=O) groups is 2.